The van der Waals surface area contributed by atoms with Gasteiger partial charge in [0.05, 0.1) is 30.5 Å². The van der Waals surface area contributed by atoms with Crippen molar-refractivity contribution in [1.82, 2.24) is 24.6 Å². The zero-order chi connectivity index (χ0) is 18.1. The first-order valence-corrected chi connectivity index (χ1v) is 8.54. The van der Waals surface area contributed by atoms with Gasteiger partial charge in [0.2, 0.25) is 0 Å². The molecule has 0 bridgehead atoms. The van der Waals surface area contributed by atoms with Gasteiger partial charge in [0.1, 0.15) is 5.82 Å². The van der Waals surface area contributed by atoms with Crippen LogP contribution in [0.2, 0.25) is 0 Å². The minimum absolute atomic E-state index is 0.0882. The number of aromatic amines is 1. The molecule has 1 aromatic carbocycles. The molecule has 0 unspecified atom stereocenters. The van der Waals surface area contributed by atoms with Crippen LogP contribution in [0.5, 0.6) is 0 Å². The van der Waals surface area contributed by atoms with Crippen LogP contribution in [0.1, 0.15) is 33.0 Å². The van der Waals surface area contributed by atoms with E-state index in [1.54, 1.807) is 28.9 Å². The predicted molar refractivity (Wildman–Crippen MR) is 95.8 cm³/mol. The fourth-order valence-electron chi connectivity index (χ4n) is 3.25. The molecular formula is C19H19N5O2. The second-order valence-electron chi connectivity index (χ2n) is 6.47. The molecule has 2 aromatic heterocycles. The molecule has 3 heterocycles. The monoisotopic (exact) mass is 349 g/mol. The highest BCUT2D eigenvalue weighted by Gasteiger charge is 2.25. The smallest absolute Gasteiger partial charge is 0.257 e. The van der Waals surface area contributed by atoms with E-state index in [-0.39, 0.29) is 11.5 Å². The number of benzene rings is 1. The van der Waals surface area contributed by atoms with Crippen LogP contribution >= 0.6 is 0 Å². The van der Waals surface area contributed by atoms with Crippen molar-refractivity contribution in [1.29, 1.82) is 0 Å². The molecule has 7 heteroatoms. The van der Waals surface area contributed by atoms with Gasteiger partial charge in [-0.05, 0) is 18.9 Å². The van der Waals surface area contributed by atoms with E-state index >= 15 is 0 Å². The van der Waals surface area contributed by atoms with E-state index in [1.807, 2.05) is 30.3 Å². The normalized spacial score (nSPS) is 13.5. The van der Waals surface area contributed by atoms with Gasteiger partial charge < -0.3 is 9.88 Å². The van der Waals surface area contributed by atoms with Crippen LogP contribution in [0.15, 0.2) is 47.5 Å². The number of carbonyl (C=O) groups excluding carboxylic acids is 1. The second-order valence-corrected chi connectivity index (χ2v) is 6.47. The molecule has 0 saturated carbocycles. The molecule has 0 aliphatic carbocycles. The highest BCUT2D eigenvalue weighted by Crippen LogP contribution is 2.16. The van der Waals surface area contributed by atoms with Crippen molar-refractivity contribution >= 4 is 5.91 Å². The zero-order valence-corrected chi connectivity index (χ0v) is 14.5. The molecule has 7 nitrogen and oxygen atoms in total. The van der Waals surface area contributed by atoms with E-state index < -0.39 is 0 Å². The van der Waals surface area contributed by atoms with Gasteiger partial charge in [-0.15, -0.1) is 0 Å². The van der Waals surface area contributed by atoms with Gasteiger partial charge >= 0.3 is 0 Å². The van der Waals surface area contributed by atoms with E-state index in [0.717, 1.165) is 5.56 Å². The van der Waals surface area contributed by atoms with Gasteiger partial charge in [-0.25, -0.2) is 4.98 Å². The molecule has 4 rings (SSSR count). The lowest BCUT2D eigenvalue weighted by molar-refractivity contribution is 0.0731. The van der Waals surface area contributed by atoms with E-state index in [2.05, 4.69) is 15.1 Å². The van der Waals surface area contributed by atoms with Crippen molar-refractivity contribution in [2.75, 3.05) is 6.54 Å². The lowest BCUT2D eigenvalue weighted by Crippen LogP contribution is -2.39. The summed E-state index contributed by atoms with van der Waals surface area (Å²) in [6.07, 6.45) is 3.88. The van der Waals surface area contributed by atoms with Crippen molar-refractivity contribution in [2.45, 2.75) is 26.4 Å². The Kier molecular flexibility index (Phi) is 4.12. The number of H-pyrrole nitrogens is 1. The summed E-state index contributed by atoms with van der Waals surface area (Å²) in [7, 11) is 0. The van der Waals surface area contributed by atoms with Crippen LogP contribution < -0.4 is 5.56 Å². The number of hydrogen-bond donors (Lipinski definition) is 1. The van der Waals surface area contributed by atoms with Gasteiger partial charge in [-0.1, -0.05) is 30.3 Å². The first-order valence-electron chi connectivity index (χ1n) is 8.54. The summed E-state index contributed by atoms with van der Waals surface area (Å²) in [5, 5.41) is 4.30. The lowest BCUT2D eigenvalue weighted by Gasteiger charge is -2.27. The maximum absolute atomic E-state index is 12.8. The Morgan fingerprint density at radius 2 is 2.08 bits per heavy atom. The van der Waals surface area contributed by atoms with Crippen molar-refractivity contribution in [2.24, 2.45) is 0 Å². The highest BCUT2D eigenvalue weighted by molar-refractivity contribution is 5.93. The molecule has 0 spiro atoms. The third-order valence-electron chi connectivity index (χ3n) is 4.55. The van der Waals surface area contributed by atoms with Crippen LogP contribution in [0, 0.1) is 6.92 Å². The van der Waals surface area contributed by atoms with E-state index in [0.29, 0.717) is 48.7 Å². The van der Waals surface area contributed by atoms with Crippen molar-refractivity contribution in [3.05, 3.63) is 81.3 Å². The van der Waals surface area contributed by atoms with Gasteiger partial charge in [0.25, 0.3) is 11.5 Å². The Morgan fingerprint density at radius 1 is 1.27 bits per heavy atom. The number of fused-ring (bicyclic) bond motifs is 1. The summed E-state index contributed by atoms with van der Waals surface area (Å²) >= 11 is 0. The quantitative estimate of drug-likeness (QED) is 0.777. The minimum atomic E-state index is -0.102. The maximum Gasteiger partial charge on any atom is 0.257 e. The molecule has 1 amide bonds. The Balaban J connectivity index is 1.51. The van der Waals surface area contributed by atoms with E-state index in [1.165, 1.54) is 0 Å². The molecular weight excluding hydrogens is 330 g/mol. The van der Waals surface area contributed by atoms with E-state index in [9.17, 15) is 9.59 Å². The van der Waals surface area contributed by atoms with Gasteiger partial charge in [-0.2, -0.15) is 5.10 Å². The lowest BCUT2D eigenvalue weighted by atomic mass is 10.1. The fraction of sp³-hybridized carbons (Fsp3) is 0.263. The van der Waals surface area contributed by atoms with Crippen molar-refractivity contribution in [3.63, 3.8) is 0 Å². The number of rotatable bonds is 3. The average Bonchev–Trinajstić information content (AvgIpc) is 3.09. The third kappa shape index (κ3) is 3.15. The third-order valence-corrected chi connectivity index (χ3v) is 4.55. The van der Waals surface area contributed by atoms with Crippen molar-refractivity contribution in [3.8, 4) is 0 Å². The van der Waals surface area contributed by atoms with Crippen LogP contribution in [-0.2, 0) is 19.5 Å². The molecule has 0 atom stereocenters. The summed E-state index contributed by atoms with van der Waals surface area (Å²) in [5.74, 6) is 0.480. The Morgan fingerprint density at radius 3 is 2.88 bits per heavy atom. The molecule has 3 aromatic rings. The minimum Gasteiger partial charge on any atom is -0.332 e. The topological polar surface area (TPSA) is 83.9 Å². The molecule has 0 saturated heterocycles. The van der Waals surface area contributed by atoms with Crippen molar-refractivity contribution < 1.29 is 4.79 Å². The summed E-state index contributed by atoms with van der Waals surface area (Å²) in [5.41, 5.74) is 2.93. The molecule has 1 N–H and O–H groups in total. The number of nitrogens with zero attached hydrogens (tertiary/aromatic N) is 4. The Bertz CT molecular complexity index is 1010. The first-order chi connectivity index (χ1) is 12.6. The standard InChI is InChI=1S/C19H19N5O2/c1-13-21-17-12-23(8-7-16(17)18(25)22-13)19(26)15-9-20-24(11-15)10-14-5-3-2-4-6-14/h2-6,9,11H,7-8,10,12H2,1H3,(H,21,22,25). The van der Waals surface area contributed by atoms with E-state index in [4.69, 9.17) is 0 Å². The van der Waals surface area contributed by atoms with Gasteiger partial charge in [0, 0.05) is 18.3 Å². The van der Waals surface area contributed by atoms with Crippen LogP contribution in [0.25, 0.3) is 0 Å². The predicted octanol–water partition coefficient (Wildman–Crippen LogP) is 1.52. The molecule has 1 aliphatic heterocycles. The average molecular weight is 349 g/mol. The van der Waals surface area contributed by atoms with Crippen LogP contribution in [0.3, 0.4) is 0 Å². The van der Waals surface area contributed by atoms with Gasteiger partial charge in [0.15, 0.2) is 0 Å². The van der Waals surface area contributed by atoms with Crippen LogP contribution in [0.4, 0.5) is 0 Å². The van der Waals surface area contributed by atoms with Crippen LogP contribution in [-0.4, -0.2) is 37.1 Å². The Labute approximate surface area is 150 Å². The Hall–Kier alpha value is -3.22. The number of amides is 1. The number of aromatic nitrogens is 4. The number of aryl methyl sites for hydroxylation is 1. The zero-order valence-electron chi connectivity index (χ0n) is 14.5. The summed E-state index contributed by atoms with van der Waals surface area (Å²) < 4.78 is 1.76. The molecule has 0 radical (unpaired) electrons. The molecule has 26 heavy (non-hydrogen) atoms. The first kappa shape index (κ1) is 16.3. The summed E-state index contributed by atoms with van der Waals surface area (Å²) in [6.45, 7) is 3.22. The SMILES string of the molecule is Cc1nc2c(c(=O)[nH]1)CCN(C(=O)c1cnn(Cc3ccccc3)c1)C2. The molecule has 1 aliphatic rings. The fourth-order valence-corrected chi connectivity index (χ4v) is 3.25. The summed E-state index contributed by atoms with van der Waals surface area (Å²) in [6, 6.07) is 9.97. The maximum atomic E-state index is 12.8. The number of hydrogen-bond acceptors (Lipinski definition) is 4. The van der Waals surface area contributed by atoms with Gasteiger partial charge in [-0.3, -0.25) is 14.3 Å². The number of nitrogens with one attached hydrogen (secondary N) is 1. The number of carbonyl (C=O) groups is 1. The molecule has 0 fully saturated rings. The largest absolute Gasteiger partial charge is 0.332 e. The highest BCUT2D eigenvalue weighted by atomic mass is 16.2. The second kappa shape index (κ2) is 6.59. The summed E-state index contributed by atoms with van der Waals surface area (Å²) in [4.78, 5) is 33.6. The molecule has 132 valence electrons.